The van der Waals surface area contributed by atoms with E-state index in [2.05, 4.69) is 26.2 Å². The number of rotatable bonds is 5. The van der Waals surface area contributed by atoms with Crippen LogP contribution in [0.5, 0.6) is 5.75 Å². The van der Waals surface area contributed by atoms with Crippen LogP contribution >= 0.6 is 15.9 Å². The van der Waals surface area contributed by atoms with Crippen LogP contribution in [-0.2, 0) is 14.3 Å². The third-order valence-electron chi connectivity index (χ3n) is 4.31. The Kier molecular flexibility index (Phi) is 5.99. The topological polar surface area (TPSA) is 103 Å². The Labute approximate surface area is 168 Å². The van der Waals surface area contributed by atoms with Crippen molar-refractivity contribution in [2.24, 2.45) is 0 Å². The van der Waals surface area contributed by atoms with Crippen molar-refractivity contribution in [1.82, 2.24) is 9.55 Å². The lowest BCUT2D eigenvalue weighted by Gasteiger charge is -2.18. The van der Waals surface area contributed by atoms with Crippen molar-refractivity contribution in [2.45, 2.75) is 44.9 Å². The van der Waals surface area contributed by atoms with Gasteiger partial charge in [-0.1, -0.05) is 19.1 Å². The second-order valence-electron chi connectivity index (χ2n) is 6.26. The van der Waals surface area contributed by atoms with Crippen LogP contribution in [-0.4, -0.2) is 39.0 Å². The quantitative estimate of drug-likeness (QED) is 0.527. The van der Waals surface area contributed by atoms with Crippen LogP contribution in [0.3, 0.4) is 0 Å². The van der Waals surface area contributed by atoms with E-state index in [1.54, 1.807) is 25.1 Å². The van der Waals surface area contributed by atoms with Gasteiger partial charge in [-0.05, 0) is 34.5 Å². The minimum Gasteiger partial charge on any atom is -0.506 e. The minimum absolute atomic E-state index is 0.0154. The normalized spacial score (nSPS) is 24.1. The second kappa shape index (κ2) is 8.27. The maximum absolute atomic E-state index is 14.9. The highest BCUT2D eigenvalue weighted by molar-refractivity contribution is 9.10. The summed E-state index contributed by atoms with van der Waals surface area (Å²) < 4.78 is 26.9. The van der Waals surface area contributed by atoms with Gasteiger partial charge >= 0.3 is 11.7 Å². The maximum Gasteiger partial charge on any atom is 0.351 e. The third kappa shape index (κ3) is 4.02. The van der Waals surface area contributed by atoms with Gasteiger partial charge in [0.25, 0.3) is 0 Å². The molecule has 4 atom stereocenters. The average molecular weight is 456 g/mol. The molecule has 1 saturated heterocycles. The molecule has 0 amide bonds. The van der Waals surface area contributed by atoms with Crippen LogP contribution in [0.4, 0.5) is 15.9 Å². The number of benzene rings is 1. The standard InChI is InChI=1S/C18H19BrFN3O5/c1-3-13-15(27-9(2)24)14(20)17(28-13)23-8-10(19)16(22-18(23)26)21-11-6-4-5-7-12(11)25/h4-8,13-15,17,25H,3H2,1-2H3,(H,21,22,26)/t13-,14+,15?,17-/m1/s1. The van der Waals surface area contributed by atoms with Crippen molar-refractivity contribution in [3.05, 3.63) is 45.4 Å². The fourth-order valence-corrected chi connectivity index (χ4v) is 3.41. The number of carbonyl (C=O) groups excluding carboxylic acids is 1. The fraction of sp³-hybridized carbons (Fsp3) is 0.389. The summed E-state index contributed by atoms with van der Waals surface area (Å²) in [6.45, 7) is 2.96. The SMILES string of the molecule is CC[C@H]1O[C@@H](n2cc(Br)c(Nc3ccccc3O)nc2=O)[C@@H](F)C1OC(C)=O. The van der Waals surface area contributed by atoms with Crippen molar-refractivity contribution in [2.75, 3.05) is 5.32 Å². The number of aromatic hydroxyl groups is 1. The van der Waals surface area contributed by atoms with Gasteiger partial charge in [-0.3, -0.25) is 9.36 Å². The molecule has 0 bridgehead atoms. The van der Waals surface area contributed by atoms with Gasteiger partial charge in [0, 0.05) is 13.1 Å². The molecule has 1 aromatic carbocycles. The van der Waals surface area contributed by atoms with Gasteiger partial charge in [-0.2, -0.15) is 4.98 Å². The van der Waals surface area contributed by atoms with Crippen molar-refractivity contribution in [3.63, 3.8) is 0 Å². The lowest BCUT2D eigenvalue weighted by atomic mass is 10.1. The molecule has 2 N–H and O–H groups in total. The number of carbonyl (C=O) groups is 1. The number of aromatic nitrogens is 2. The van der Waals surface area contributed by atoms with Gasteiger partial charge in [0.05, 0.1) is 10.2 Å². The third-order valence-corrected chi connectivity index (χ3v) is 4.89. The van der Waals surface area contributed by atoms with E-state index in [9.17, 15) is 19.1 Å². The number of halogens is 2. The molecule has 0 radical (unpaired) electrons. The highest BCUT2D eigenvalue weighted by Gasteiger charge is 2.48. The highest BCUT2D eigenvalue weighted by Crippen LogP contribution is 2.35. The highest BCUT2D eigenvalue weighted by atomic mass is 79.9. The Morgan fingerprint density at radius 3 is 2.82 bits per heavy atom. The van der Waals surface area contributed by atoms with E-state index in [-0.39, 0.29) is 11.6 Å². The van der Waals surface area contributed by atoms with Crippen LogP contribution < -0.4 is 11.0 Å². The summed E-state index contributed by atoms with van der Waals surface area (Å²) >= 11 is 3.29. The van der Waals surface area contributed by atoms with Crippen LogP contribution in [0.25, 0.3) is 0 Å². The first-order valence-electron chi connectivity index (χ1n) is 8.62. The molecule has 1 aliphatic rings. The molecule has 10 heteroatoms. The van der Waals surface area contributed by atoms with Gasteiger partial charge in [0.15, 0.2) is 24.3 Å². The van der Waals surface area contributed by atoms with E-state index in [1.807, 2.05) is 0 Å². The molecular weight excluding hydrogens is 437 g/mol. The Morgan fingerprint density at radius 1 is 1.46 bits per heavy atom. The Morgan fingerprint density at radius 2 is 2.18 bits per heavy atom. The van der Waals surface area contributed by atoms with Gasteiger partial charge in [0.2, 0.25) is 0 Å². The lowest BCUT2D eigenvalue weighted by molar-refractivity contribution is -0.151. The summed E-state index contributed by atoms with van der Waals surface area (Å²) in [7, 11) is 0. The van der Waals surface area contributed by atoms with Crippen LogP contribution in [0, 0.1) is 0 Å². The number of hydrogen-bond acceptors (Lipinski definition) is 7. The molecule has 2 aromatic rings. The molecule has 1 aliphatic heterocycles. The summed E-state index contributed by atoms with van der Waals surface area (Å²) in [4.78, 5) is 27.7. The summed E-state index contributed by atoms with van der Waals surface area (Å²) in [5, 5.41) is 12.7. The van der Waals surface area contributed by atoms with E-state index >= 15 is 0 Å². The number of ether oxygens (including phenoxy) is 2. The molecule has 8 nitrogen and oxygen atoms in total. The number of alkyl halides is 1. The first-order valence-corrected chi connectivity index (χ1v) is 9.41. The zero-order chi connectivity index (χ0) is 20.4. The average Bonchev–Trinajstić information content (AvgIpc) is 2.95. The van der Waals surface area contributed by atoms with Crippen molar-refractivity contribution in [1.29, 1.82) is 0 Å². The number of esters is 1. The summed E-state index contributed by atoms with van der Waals surface area (Å²) in [5.74, 6) is -0.484. The second-order valence-corrected chi connectivity index (χ2v) is 7.12. The van der Waals surface area contributed by atoms with Gasteiger partial charge in [-0.25, -0.2) is 9.18 Å². The molecule has 1 aromatic heterocycles. The first-order chi connectivity index (χ1) is 13.3. The predicted molar refractivity (Wildman–Crippen MR) is 102 cm³/mol. The van der Waals surface area contributed by atoms with Crippen molar-refractivity contribution >= 4 is 33.4 Å². The maximum atomic E-state index is 14.9. The largest absolute Gasteiger partial charge is 0.506 e. The van der Waals surface area contributed by atoms with Gasteiger partial charge in [-0.15, -0.1) is 0 Å². The number of phenols is 1. The van der Waals surface area contributed by atoms with E-state index in [0.29, 0.717) is 16.6 Å². The van der Waals surface area contributed by atoms with Gasteiger partial charge < -0.3 is 19.9 Å². The van der Waals surface area contributed by atoms with E-state index in [0.717, 1.165) is 4.57 Å². The Bertz CT molecular complexity index is 938. The van der Waals surface area contributed by atoms with Gasteiger partial charge in [0.1, 0.15) is 11.9 Å². The number of para-hydroxylation sites is 2. The number of nitrogens with zero attached hydrogens (tertiary/aromatic N) is 2. The van der Waals surface area contributed by atoms with E-state index in [1.165, 1.54) is 19.2 Å². The fourth-order valence-electron chi connectivity index (χ4n) is 3.00. The van der Waals surface area contributed by atoms with Crippen LogP contribution in [0.2, 0.25) is 0 Å². The number of phenolic OH excluding ortho intramolecular Hbond substituents is 1. The Balaban J connectivity index is 1.89. The number of hydrogen-bond donors (Lipinski definition) is 2. The summed E-state index contributed by atoms with van der Waals surface area (Å²) in [6.07, 6.45) is -3.02. The van der Waals surface area contributed by atoms with Crippen molar-refractivity contribution < 1.29 is 23.8 Å². The molecule has 0 saturated carbocycles. The zero-order valence-electron chi connectivity index (χ0n) is 15.1. The summed E-state index contributed by atoms with van der Waals surface area (Å²) in [5.41, 5.74) is -0.401. The molecule has 0 aliphatic carbocycles. The molecule has 0 spiro atoms. The Hall–Kier alpha value is -2.46. The molecular formula is C18H19BrFN3O5. The number of nitrogens with one attached hydrogen (secondary N) is 1. The molecule has 150 valence electrons. The van der Waals surface area contributed by atoms with Crippen LogP contribution in [0.15, 0.2) is 39.7 Å². The molecule has 1 fully saturated rings. The van der Waals surface area contributed by atoms with E-state index in [4.69, 9.17) is 9.47 Å². The smallest absolute Gasteiger partial charge is 0.351 e. The van der Waals surface area contributed by atoms with E-state index < -0.39 is 36.3 Å². The molecule has 3 rings (SSSR count). The molecule has 28 heavy (non-hydrogen) atoms. The first kappa shape index (κ1) is 20.3. The molecule has 1 unspecified atom stereocenters. The minimum atomic E-state index is -1.72. The lowest BCUT2D eigenvalue weighted by Crippen LogP contribution is -2.35. The van der Waals surface area contributed by atoms with Crippen LogP contribution in [0.1, 0.15) is 26.5 Å². The summed E-state index contributed by atoms with van der Waals surface area (Å²) in [6, 6.07) is 6.46. The zero-order valence-corrected chi connectivity index (χ0v) is 16.7. The monoisotopic (exact) mass is 455 g/mol. The molecule has 2 heterocycles. The number of anilines is 2. The van der Waals surface area contributed by atoms with Crippen molar-refractivity contribution in [3.8, 4) is 5.75 Å². The predicted octanol–water partition coefficient (Wildman–Crippen LogP) is 3.03.